The first-order chi connectivity index (χ1) is 8.06. The number of hydrogen-bond acceptors (Lipinski definition) is 2. The molecule has 94 valence electrons. The second-order valence-electron chi connectivity index (χ2n) is 5.23. The Morgan fingerprint density at radius 3 is 2.06 bits per heavy atom. The number of hydrogen-bond donors (Lipinski definition) is 0. The summed E-state index contributed by atoms with van der Waals surface area (Å²) in [5.74, 6) is 2.88. The van der Waals surface area contributed by atoms with Gasteiger partial charge in [-0.05, 0) is 37.5 Å². The summed E-state index contributed by atoms with van der Waals surface area (Å²) in [7, 11) is 0. The molecule has 1 aromatic rings. The fourth-order valence-corrected chi connectivity index (χ4v) is 3.07. The first-order valence-electron chi connectivity index (χ1n) is 6.26. The van der Waals surface area contributed by atoms with Gasteiger partial charge < -0.3 is 0 Å². The number of aromatic nitrogens is 2. The topological polar surface area (TPSA) is 25.8 Å². The highest BCUT2D eigenvalue weighted by Crippen LogP contribution is 2.37. The fraction of sp³-hybridized carbons (Fsp3) is 0.692. The molecule has 1 aliphatic carbocycles. The van der Waals surface area contributed by atoms with Gasteiger partial charge in [0.15, 0.2) is 0 Å². The van der Waals surface area contributed by atoms with E-state index in [1.54, 1.807) is 6.07 Å². The molecular weight excluding hydrogens is 255 g/mol. The Labute approximate surface area is 113 Å². The predicted octanol–water partition coefficient (Wildman–Crippen LogP) is 4.71. The van der Waals surface area contributed by atoms with E-state index in [1.165, 1.54) is 12.8 Å². The minimum absolute atomic E-state index is 0.432. The van der Waals surface area contributed by atoms with E-state index in [2.05, 4.69) is 23.8 Å². The van der Waals surface area contributed by atoms with E-state index < -0.39 is 0 Å². The van der Waals surface area contributed by atoms with Crippen molar-refractivity contribution in [2.75, 3.05) is 0 Å². The van der Waals surface area contributed by atoms with E-state index in [4.69, 9.17) is 23.2 Å². The highest BCUT2D eigenvalue weighted by molar-refractivity contribution is 6.33. The van der Waals surface area contributed by atoms with Crippen molar-refractivity contribution in [3.05, 3.63) is 22.2 Å². The lowest BCUT2D eigenvalue weighted by molar-refractivity contribution is 0.255. The molecule has 1 heterocycles. The Hall–Kier alpha value is -0.340. The van der Waals surface area contributed by atoms with Crippen LogP contribution in [-0.2, 0) is 0 Å². The van der Waals surface area contributed by atoms with Crippen LogP contribution >= 0.6 is 23.2 Å². The molecule has 1 saturated carbocycles. The summed E-state index contributed by atoms with van der Waals surface area (Å²) in [5.41, 5.74) is 0. The molecule has 0 spiro atoms. The molecule has 0 aromatic carbocycles. The van der Waals surface area contributed by atoms with Crippen molar-refractivity contribution in [2.24, 2.45) is 11.8 Å². The number of nitrogens with zero attached hydrogens (tertiary/aromatic N) is 2. The standard InChI is InChI=1S/C13H18Cl2N2/c1-8(2)9-3-5-10(6-4-9)13-16-11(14)7-12(15)17-13/h7-10H,3-6H2,1-2H3. The first-order valence-corrected chi connectivity index (χ1v) is 7.02. The lowest BCUT2D eigenvalue weighted by Crippen LogP contribution is -2.19. The SMILES string of the molecule is CC(C)C1CCC(c2nc(Cl)cc(Cl)n2)CC1. The van der Waals surface area contributed by atoms with Gasteiger partial charge in [-0.25, -0.2) is 9.97 Å². The molecule has 0 radical (unpaired) electrons. The molecule has 0 saturated heterocycles. The van der Waals surface area contributed by atoms with Crippen LogP contribution in [0.2, 0.25) is 10.3 Å². The summed E-state index contributed by atoms with van der Waals surface area (Å²) in [4.78, 5) is 8.59. The van der Waals surface area contributed by atoms with Gasteiger partial charge in [-0.1, -0.05) is 37.0 Å². The van der Waals surface area contributed by atoms with Gasteiger partial charge >= 0.3 is 0 Å². The Morgan fingerprint density at radius 1 is 1.06 bits per heavy atom. The molecule has 17 heavy (non-hydrogen) atoms. The van der Waals surface area contributed by atoms with Crippen LogP contribution in [0.5, 0.6) is 0 Å². The van der Waals surface area contributed by atoms with Gasteiger partial charge in [0.25, 0.3) is 0 Å². The minimum Gasteiger partial charge on any atom is -0.221 e. The molecule has 0 aliphatic heterocycles. The lowest BCUT2D eigenvalue weighted by Gasteiger charge is -2.30. The van der Waals surface area contributed by atoms with Gasteiger partial charge in [0.1, 0.15) is 16.1 Å². The molecule has 0 amide bonds. The Balaban J connectivity index is 2.05. The first kappa shape index (κ1) is 13.1. The molecule has 0 N–H and O–H groups in total. The van der Waals surface area contributed by atoms with Crippen molar-refractivity contribution in [3.8, 4) is 0 Å². The Morgan fingerprint density at radius 2 is 1.59 bits per heavy atom. The third kappa shape index (κ3) is 3.32. The van der Waals surface area contributed by atoms with Gasteiger partial charge in [-0.15, -0.1) is 0 Å². The summed E-state index contributed by atoms with van der Waals surface area (Å²) in [6.45, 7) is 4.61. The van der Waals surface area contributed by atoms with E-state index >= 15 is 0 Å². The maximum atomic E-state index is 5.91. The molecule has 0 bridgehead atoms. The summed E-state index contributed by atoms with van der Waals surface area (Å²) < 4.78 is 0. The van der Waals surface area contributed by atoms with Crippen LogP contribution in [0.4, 0.5) is 0 Å². The van der Waals surface area contributed by atoms with Crippen LogP contribution in [-0.4, -0.2) is 9.97 Å². The Bertz CT molecular complexity index is 365. The molecular formula is C13H18Cl2N2. The van der Waals surface area contributed by atoms with Crippen molar-refractivity contribution >= 4 is 23.2 Å². The van der Waals surface area contributed by atoms with E-state index in [1.807, 2.05) is 0 Å². The van der Waals surface area contributed by atoms with Gasteiger partial charge in [-0.2, -0.15) is 0 Å². The molecule has 0 unspecified atom stereocenters. The van der Waals surface area contributed by atoms with E-state index in [-0.39, 0.29) is 0 Å². The smallest absolute Gasteiger partial charge is 0.134 e. The summed E-state index contributed by atoms with van der Waals surface area (Å²) in [5, 5.41) is 0.900. The van der Waals surface area contributed by atoms with E-state index in [0.29, 0.717) is 16.2 Å². The van der Waals surface area contributed by atoms with Gasteiger partial charge in [0, 0.05) is 12.0 Å². The second-order valence-corrected chi connectivity index (χ2v) is 6.00. The van der Waals surface area contributed by atoms with Gasteiger partial charge in [0.2, 0.25) is 0 Å². The third-order valence-corrected chi connectivity index (χ3v) is 4.15. The predicted molar refractivity (Wildman–Crippen MR) is 71.6 cm³/mol. The van der Waals surface area contributed by atoms with Crippen LogP contribution in [0, 0.1) is 11.8 Å². The fourth-order valence-electron chi connectivity index (χ4n) is 2.63. The normalized spacial score (nSPS) is 25.2. The van der Waals surface area contributed by atoms with E-state index in [0.717, 1.165) is 30.5 Å². The zero-order valence-corrected chi connectivity index (χ0v) is 11.8. The van der Waals surface area contributed by atoms with Gasteiger partial charge in [-0.3, -0.25) is 0 Å². The largest absolute Gasteiger partial charge is 0.221 e. The number of rotatable bonds is 2. The van der Waals surface area contributed by atoms with Gasteiger partial charge in [0.05, 0.1) is 0 Å². The van der Waals surface area contributed by atoms with E-state index in [9.17, 15) is 0 Å². The summed E-state index contributed by atoms with van der Waals surface area (Å²) >= 11 is 11.8. The minimum atomic E-state index is 0.432. The van der Waals surface area contributed by atoms with Crippen LogP contribution in [0.25, 0.3) is 0 Å². The van der Waals surface area contributed by atoms with Crippen LogP contribution < -0.4 is 0 Å². The zero-order valence-electron chi connectivity index (χ0n) is 10.3. The van der Waals surface area contributed by atoms with Crippen LogP contribution in [0.3, 0.4) is 0 Å². The van der Waals surface area contributed by atoms with Crippen LogP contribution in [0.1, 0.15) is 51.3 Å². The van der Waals surface area contributed by atoms with Crippen molar-refractivity contribution in [2.45, 2.75) is 45.4 Å². The second kappa shape index (κ2) is 5.53. The highest BCUT2D eigenvalue weighted by Gasteiger charge is 2.26. The van der Waals surface area contributed by atoms with Crippen LogP contribution in [0.15, 0.2) is 6.07 Å². The molecule has 1 aromatic heterocycles. The molecule has 0 atom stereocenters. The lowest BCUT2D eigenvalue weighted by atomic mass is 9.77. The Kier molecular flexibility index (Phi) is 4.26. The number of halogens is 2. The molecule has 2 rings (SSSR count). The molecule has 1 fully saturated rings. The summed E-state index contributed by atoms with van der Waals surface area (Å²) in [6, 6.07) is 1.59. The maximum absolute atomic E-state index is 5.91. The van der Waals surface area contributed by atoms with Crippen molar-refractivity contribution in [1.82, 2.24) is 9.97 Å². The third-order valence-electron chi connectivity index (χ3n) is 3.76. The van der Waals surface area contributed by atoms with Crippen molar-refractivity contribution < 1.29 is 0 Å². The molecule has 4 heteroatoms. The zero-order chi connectivity index (χ0) is 12.4. The average Bonchev–Trinajstić information content (AvgIpc) is 2.28. The maximum Gasteiger partial charge on any atom is 0.134 e. The van der Waals surface area contributed by atoms with Crippen molar-refractivity contribution in [1.29, 1.82) is 0 Å². The molecule has 2 nitrogen and oxygen atoms in total. The monoisotopic (exact) mass is 272 g/mol. The van der Waals surface area contributed by atoms with Crippen molar-refractivity contribution in [3.63, 3.8) is 0 Å². The molecule has 1 aliphatic rings. The quantitative estimate of drug-likeness (QED) is 0.729. The average molecular weight is 273 g/mol. The highest BCUT2D eigenvalue weighted by atomic mass is 35.5. The summed E-state index contributed by atoms with van der Waals surface area (Å²) in [6.07, 6.45) is 4.82.